The second kappa shape index (κ2) is 11.1. The molecule has 0 saturated heterocycles. The third kappa shape index (κ3) is 6.82. The Balaban J connectivity index is 2.37. The van der Waals surface area contributed by atoms with Gasteiger partial charge in [0.25, 0.3) is 0 Å². The standard InChI is InChI=1S/C24H33N3O4S/c1-6-15-25-24(29)20(4)26(16-21-13-11-18(2)12-14-21)23(28)17-27(32(5,30)31)22-10-8-7-9-19(22)3/h7-14,20H,6,15-17H2,1-5H3,(H,25,29)/t20-/m1/s1. The summed E-state index contributed by atoms with van der Waals surface area (Å²) in [6.07, 6.45) is 1.86. The van der Waals surface area contributed by atoms with Crippen LogP contribution in [0.25, 0.3) is 0 Å². The molecule has 174 valence electrons. The largest absolute Gasteiger partial charge is 0.354 e. The normalized spacial score (nSPS) is 12.2. The minimum atomic E-state index is -3.72. The van der Waals surface area contributed by atoms with Crippen LogP contribution >= 0.6 is 0 Å². The monoisotopic (exact) mass is 459 g/mol. The van der Waals surface area contributed by atoms with E-state index in [0.29, 0.717) is 12.2 Å². The summed E-state index contributed by atoms with van der Waals surface area (Å²) < 4.78 is 26.2. The first-order chi connectivity index (χ1) is 15.0. The third-order valence-electron chi connectivity index (χ3n) is 5.25. The zero-order valence-electron chi connectivity index (χ0n) is 19.5. The van der Waals surface area contributed by atoms with Crippen LogP contribution in [0, 0.1) is 13.8 Å². The molecule has 0 aromatic heterocycles. The summed E-state index contributed by atoms with van der Waals surface area (Å²) in [6.45, 7) is 7.70. The Morgan fingerprint density at radius 2 is 1.66 bits per heavy atom. The Hall–Kier alpha value is -2.87. The highest BCUT2D eigenvalue weighted by Crippen LogP contribution is 2.23. The number of aryl methyl sites for hydroxylation is 2. The summed E-state index contributed by atoms with van der Waals surface area (Å²) >= 11 is 0. The van der Waals surface area contributed by atoms with Crippen molar-refractivity contribution in [3.63, 3.8) is 0 Å². The van der Waals surface area contributed by atoms with E-state index in [1.165, 1.54) is 4.90 Å². The first-order valence-electron chi connectivity index (χ1n) is 10.7. The number of rotatable bonds is 10. The predicted molar refractivity (Wildman–Crippen MR) is 128 cm³/mol. The van der Waals surface area contributed by atoms with Crippen molar-refractivity contribution in [1.29, 1.82) is 0 Å². The van der Waals surface area contributed by atoms with Crippen molar-refractivity contribution >= 4 is 27.5 Å². The highest BCUT2D eigenvalue weighted by atomic mass is 32.2. The van der Waals surface area contributed by atoms with Crippen molar-refractivity contribution in [2.45, 2.75) is 46.7 Å². The minimum Gasteiger partial charge on any atom is -0.354 e. The van der Waals surface area contributed by atoms with Crippen LogP contribution in [0.15, 0.2) is 48.5 Å². The average Bonchev–Trinajstić information content (AvgIpc) is 2.74. The van der Waals surface area contributed by atoms with Gasteiger partial charge in [0.05, 0.1) is 11.9 Å². The van der Waals surface area contributed by atoms with Gasteiger partial charge in [-0.25, -0.2) is 8.42 Å². The molecule has 0 radical (unpaired) electrons. The molecule has 2 rings (SSSR count). The maximum absolute atomic E-state index is 13.4. The number of sulfonamides is 1. The molecule has 0 unspecified atom stereocenters. The number of nitrogens with one attached hydrogen (secondary N) is 1. The van der Waals surface area contributed by atoms with Gasteiger partial charge in [-0.2, -0.15) is 0 Å². The predicted octanol–water partition coefficient (Wildman–Crippen LogP) is 3.01. The first-order valence-corrected chi connectivity index (χ1v) is 12.6. The molecule has 2 aromatic rings. The van der Waals surface area contributed by atoms with E-state index in [2.05, 4.69) is 5.32 Å². The molecule has 0 spiro atoms. The maximum Gasteiger partial charge on any atom is 0.244 e. The molecule has 1 atom stereocenters. The molecular weight excluding hydrogens is 426 g/mol. The van der Waals surface area contributed by atoms with Crippen molar-refractivity contribution in [2.75, 3.05) is 23.7 Å². The Kier molecular flexibility index (Phi) is 8.83. The minimum absolute atomic E-state index is 0.200. The third-order valence-corrected chi connectivity index (χ3v) is 6.38. The number of hydrogen-bond acceptors (Lipinski definition) is 4. The molecule has 8 heteroatoms. The van der Waals surface area contributed by atoms with Gasteiger partial charge >= 0.3 is 0 Å². The summed E-state index contributed by atoms with van der Waals surface area (Å²) in [5.74, 6) is -0.715. The van der Waals surface area contributed by atoms with E-state index in [9.17, 15) is 18.0 Å². The number of benzene rings is 2. The summed E-state index contributed by atoms with van der Waals surface area (Å²) in [4.78, 5) is 27.5. The van der Waals surface area contributed by atoms with Gasteiger partial charge in [-0.15, -0.1) is 0 Å². The fraction of sp³-hybridized carbons (Fsp3) is 0.417. The van der Waals surface area contributed by atoms with Gasteiger partial charge in [-0.1, -0.05) is 55.0 Å². The second-order valence-electron chi connectivity index (χ2n) is 8.03. The van der Waals surface area contributed by atoms with Crippen LogP contribution in [-0.2, 0) is 26.2 Å². The van der Waals surface area contributed by atoms with E-state index in [-0.39, 0.29) is 19.0 Å². The second-order valence-corrected chi connectivity index (χ2v) is 9.94. The molecular formula is C24H33N3O4S. The van der Waals surface area contributed by atoms with Crippen LogP contribution in [0.5, 0.6) is 0 Å². The van der Waals surface area contributed by atoms with E-state index in [1.54, 1.807) is 32.0 Å². The molecule has 0 aliphatic rings. The van der Waals surface area contributed by atoms with Crippen molar-refractivity contribution in [3.8, 4) is 0 Å². The Bertz CT molecular complexity index is 1040. The fourth-order valence-corrected chi connectivity index (χ4v) is 4.21. The highest BCUT2D eigenvalue weighted by molar-refractivity contribution is 7.92. The number of para-hydroxylation sites is 1. The molecule has 1 N–H and O–H groups in total. The Labute approximate surface area is 191 Å². The molecule has 0 bridgehead atoms. The van der Waals surface area contributed by atoms with Crippen LogP contribution in [0.3, 0.4) is 0 Å². The number of carbonyl (C=O) groups excluding carboxylic acids is 2. The zero-order chi connectivity index (χ0) is 23.9. The Morgan fingerprint density at radius 1 is 1.03 bits per heavy atom. The summed E-state index contributed by atoms with van der Waals surface area (Å²) in [5, 5.41) is 2.82. The van der Waals surface area contributed by atoms with Crippen LogP contribution in [-0.4, -0.2) is 50.5 Å². The van der Waals surface area contributed by atoms with Gasteiger partial charge in [0.15, 0.2) is 0 Å². The van der Waals surface area contributed by atoms with E-state index >= 15 is 0 Å². The van der Waals surface area contributed by atoms with Crippen molar-refractivity contribution in [1.82, 2.24) is 10.2 Å². The molecule has 0 aliphatic heterocycles. The van der Waals surface area contributed by atoms with Crippen LogP contribution in [0.4, 0.5) is 5.69 Å². The molecule has 0 heterocycles. The number of carbonyl (C=O) groups is 2. The Morgan fingerprint density at radius 3 is 2.22 bits per heavy atom. The summed E-state index contributed by atoms with van der Waals surface area (Å²) in [6, 6.07) is 13.9. The van der Waals surface area contributed by atoms with E-state index < -0.39 is 22.0 Å². The van der Waals surface area contributed by atoms with Gasteiger partial charge < -0.3 is 10.2 Å². The van der Waals surface area contributed by atoms with Gasteiger partial charge in [-0.05, 0) is 44.4 Å². The number of anilines is 1. The topological polar surface area (TPSA) is 86.8 Å². The lowest BCUT2D eigenvalue weighted by atomic mass is 10.1. The lowest BCUT2D eigenvalue weighted by molar-refractivity contribution is -0.139. The molecule has 32 heavy (non-hydrogen) atoms. The molecule has 7 nitrogen and oxygen atoms in total. The zero-order valence-corrected chi connectivity index (χ0v) is 20.3. The van der Waals surface area contributed by atoms with Gasteiger partial charge in [0.2, 0.25) is 21.8 Å². The van der Waals surface area contributed by atoms with E-state index in [1.807, 2.05) is 44.2 Å². The number of amides is 2. The van der Waals surface area contributed by atoms with Crippen LogP contribution in [0.2, 0.25) is 0 Å². The number of hydrogen-bond donors (Lipinski definition) is 1. The van der Waals surface area contributed by atoms with Gasteiger partial charge in [-0.3, -0.25) is 13.9 Å². The smallest absolute Gasteiger partial charge is 0.244 e. The number of nitrogens with zero attached hydrogens (tertiary/aromatic N) is 2. The van der Waals surface area contributed by atoms with Crippen molar-refractivity contribution < 1.29 is 18.0 Å². The molecule has 0 fully saturated rings. The van der Waals surface area contributed by atoms with Crippen LogP contribution < -0.4 is 9.62 Å². The maximum atomic E-state index is 13.4. The quantitative estimate of drug-likeness (QED) is 0.592. The average molecular weight is 460 g/mol. The SMILES string of the molecule is CCCNC(=O)[C@@H](C)N(Cc1ccc(C)cc1)C(=O)CN(c1ccccc1C)S(C)(=O)=O. The summed E-state index contributed by atoms with van der Waals surface area (Å²) in [7, 11) is -3.72. The fourth-order valence-electron chi connectivity index (χ4n) is 3.31. The van der Waals surface area contributed by atoms with Crippen molar-refractivity contribution in [2.24, 2.45) is 0 Å². The molecule has 0 saturated carbocycles. The lowest BCUT2D eigenvalue weighted by Gasteiger charge is -2.32. The lowest BCUT2D eigenvalue weighted by Crippen LogP contribution is -2.51. The van der Waals surface area contributed by atoms with Crippen molar-refractivity contribution in [3.05, 3.63) is 65.2 Å². The first kappa shape index (κ1) is 25.4. The van der Waals surface area contributed by atoms with Crippen LogP contribution in [0.1, 0.15) is 37.0 Å². The molecule has 2 amide bonds. The summed E-state index contributed by atoms with van der Waals surface area (Å²) in [5.41, 5.74) is 3.13. The molecule has 0 aliphatic carbocycles. The molecule has 2 aromatic carbocycles. The van der Waals surface area contributed by atoms with Gasteiger partial charge in [0, 0.05) is 13.1 Å². The highest BCUT2D eigenvalue weighted by Gasteiger charge is 2.30. The van der Waals surface area contributed by atoms with Gasteiger partial charge in [0.1, 0.15) is 12.6 Å². The van der Waals surface area contributed by atoms with E-state index in [4.69, 9.17) is 0 Å². The van der Waals surface area contributed by atoms with E-state index in [0.717, 1.165) is 33.7 Å².